The smallest absolute Gasteiger partial charge is 0.426 e. The molecule has 0 unspecified atom stereocenters. The molecule has 1 aromatic rings. The van der Waals surface area contributed by atoms with Crippen LogP contribution in [-0.4, -0.2) is 25.8 Å². The number of carbonyl (C=O) groups is 2. The molecule has 7 heteroatoms. The van der Waals surface area contributed by atoms with Crippen LogP contribution in [0.15, 0.2) is 24.3 Å². The molecule has 1 aromatic carbocycles. The lowest BCUT2D eigenvalue weighted by Crippen LogP contribution is -2.44. The molecule has 0 saturated heterocycles. The Balaban J connectivity index is 2.42. The molecule has 0 heterocycles. The molecule has 0 radical (unpaired) electrons. The highest BCUT2D eigenvalue weighted by Gasteiger charge is 2.04. The fourth-order valence-corrected chi connectivity index (χ4v) is 1.14. The van der Waals surface area contributed by atoms with Crippen LogP contribution in [0.4, 0.5) is 15.3 Å². The molecule has 0 spiro atoms. The Hall–Kier alpha value is -2.44. The zero-order chi connectivity index (χ0) is 13.4. The molecule has 3 N–H and O–H groups in total. The molecule has 0 bridgehead atoms. The van der Waals surface area contributed by atoms with Crippen LogP contribution in [0.5, 0.6) is 5.75 Å². The molecule has 7 nitrogen and oxygen atoms in total. The second kappa shape index (κ2) is 7.00. The summed E-state index contributed by atoms with van der Waals surface area (Å²) in [6, 6.07) is 6.22. The van der Waals surface area contributed by atoms with Crippen molar-refractivity contribution in [1.82, 2.24) is 10.9 Å². The van der Waals surface area contributed by atoms with Crippen LogP contribution in [0.1, 0.15) is 6.92 Å². The van der Waals surface area contributed by atoms with Gasteiger partial charge in [-0.3, -0.25) is 0 Å². The molecule has 3 amide bonds. The minimum absolute atomic E-state index is 0.227. The quantitative estimate of drug-likeness (QED) is 0.712. The first-order chi connectivity index (χ1) is 8.65. The molecule has 0 aliphatic rings. The van der Waals surface area contributed by atoms with E-state index in [4.69, 9.17) is 4.74 Å². The Bertz CT molecular complexity index is 423. The van der Waals surface area contributed by atoms with E-state index in [1.807, 2.05) is 0 Å². The summed E-state index contributed by atoms with van der Waals surface area (Å²) in [5.41, 5.74) is 4.75. The second-order valence-corrected chi connectivity index (χ2v) is 3.16. The number of methoxy groups -OCH3 is 1. The largest absolute Gasteiger partial charge is 0.497 e. The van der Waals surface area contributed by atoms with Crippen LogP contribution in [-0.2, 0) is 4.74 Å². The van der Waals surface area contributed by atoms with Gasteiger partial charge in [-0.2, -0.15) is 0 Å². The number of ether oxygens (including phenoxy) is 2. The van der Waals surface area contributed by atoms with E-state index in [-0.39, 0.29) is 6.61 Å². The highest BCUT2D eigenvalue weighted by Crippen LogP contribution is 2.16. The van der Waals surface area contributed by atoms with Crippen LogP contribution < -0.4 is 20.9 Å². The summed E-state index contributed by atoms with van der Waals surface area (Å²) in [5.74, 6) is 0.617. The monoisotopic (exact) mass is 253 g/mol. The maximum atomic E-state index is 11.4. The summed E-state index contributed by atoms with van der Waals surface area (Å²) in [6.07, 6.45) is -0.724. The van der Waals surface area contributed by atoms with Gasteiger partial charge in [0.1, 0.15) is 5.75 Å². The fraction of sp³-hybridized carbons (Fsp3) is 0.273. The van der Waals surface area contributed by atoms with Crippen molar-refractivity contribution >= 4 is 17.8 Å². The first kappa shape index (κ1) is 13.6. The zero-order valence-electron chi connectivity index (χ0n) is 10.1. The van der Waals surface area contributed by atoms with E-state index in [1.54, 1.807) is 31.2 Å². The van der Waals surface area contributed by atoms with E-state index >= 15 is 0 Å². The number of hydrogen-bond acceptors (Lipinski definition) is 4. The number of urea groups is 1. The summed E-state index contributed by atoms with van der Waals surface area (Å²) in [6.45, 7) is 1.89. The van der Waals surface area contributed by atoms with Gasteiger partial charge in [-0.25, -0.2) is 20.4 Å². The van der Waals surface area contributed by atoms with Gasteiger partial charge in [-0.15, -0.1) is 0 Å². The third-order valence-corrected chi connectivity index (χ3v) is 1.88. The standard InChI is InChI=1S/C11H15N3O4/c1-3-18-11(16)14-13-10(15)12-8-5-4-6-9(7-8)17-2/h4-7H,3H2,1-2H3,(H,14,16)(H2,12,13,15). The van der Waals surface area contributed by atoms with Crippen molar-refractivity contribution in [3.63, 3.8) is 0 Å². The number of carbonyl (C=O) groups excluding carboxylic acids is 2. The van der Waals surface area contributed by atoms with Crippen molar-refractivity contribution in [1.29, 1.82) is 0 Å². The summed E-state index contributed by atoms with van der Waals surface area (Å²) < 4.78 is 9.57. The number of hydrazine groups is 1. The van der Waals surface area contributed by atoms with Crippen molar-refractivity contribution in [3.8, 4) is 5.75 Å². The van der Waals surface area contributed by atoms with Gasteiger partial charge in [0.2, 0.25) is 0 Å². The van der Waals surface area contributed by atoms with Gasteiger partial charge in [-0.05, 0) is 19.1 Å². The van der Waals surface area contributed by atoms with Crippen molar-refractivity contribution < 1.29 is 19.1 Å². The molecule has 0 fully saturated rings. The van der Waals surface area contributed by atoms with Gasteiger partial charge in [0.05, 0.1) is 13.7 Å². The van der Waals surface area contributed by atoms with Crippen molar-refractivity contribution in [2.75, 3.05) is 19.0 Å². The molecule has 0 aromatic heterocycles. The Morgan fingerprint density at radius 2 is 2.06 bits per heavy atom. The van der Waals surface area contributed by atoms with Crippen LogP contribution in [0.3, 0.4) is 0 Å². The third-order valence-electron chi connectivity index (χ3n) is 1.88. The van der Waals surface area contributed by atoms with E-state index in [2.05, 4.69) is 20.9 Å². The average Bonchev–Trinajstić information content (AvgIpc) is 2.37. The van der Waals surface area contributed by atoms with Gasteiger partial charge in [-0.1, -0.05) is 6.07 Å². The maximum absolute atomic E-state index is 11.4. The van der Waals surface area contributed by atoms with Gasteiger partial charge in [0, 0.05) is 11.8 Å². The summed E-state index contributed by atoms with van der Waals surface area (Å²) in [4.78, 5) is 22.3. The SMILES string of the molecule is CCOC(=O)NNC(=O)Nc1cccc(OC)c1. The number of benzene rings is 1. The molecular formula is C11H15N3O4. The van der Waals surface area contributed by atoms with E-state index in [9.17, 15) is 9.59 Å². The molecule has 18 heavy (non-hydrogen) atoms. The Morgan fingerprint density at radius 3 is 2.72 bits per heavy atom. The molecule has 0 atom stereocenters. The van der Waals surface area contributed by atoms with E-state index in [0.29, 0.717) is 11.4 Å². The minimum atomic E-state index is -0.724. The van der Waals surface area contributed by atoms with Crippen molar-refractivity contribution in [2.24, 2.45) is 0 Å². The van der Waals surface area contributed by atoms with E-state index in [0.717, 1.165) is 0 Å². The van der Waals surface area contributed by atoms with Crippen LogP contribution in [0, 0.1) is 0 Å². The van der Waals surface area contributed by atoms with Gasteiger partial charge < -0.3 is 14.8 Å². The van der Waals surface area contributed by atoms with Gasteiger partial charge >= 0.3 is 12.1 Å². The predicted molar refractivity (Wildman–Crippen MR) is 65.3 cm³/mol. The Morgan fingerprint density at radius 1 is 1.28 bits per heavy atom. The molecular weight excluding hydrogens is 238 g/mol. The average molecular weight is 253 g/mol. The first-order valence-electron chi connectivity index (χ1n) is 5.29. The van der Waals surface area contributed by atoms with Crippen molar-refractivity contribution in [2.45, 2.75) is 6.92 Å². The highest BCUT2D eigenvalue weighted by molar-refractivity contribution is 5.90. The topological polar surface area (TPSA) is 88.7 Å². The number of nitrogens with one attached hydrogen (secondary N) is 3. The van der Waals surface area contributed by atoms with Gasteiger partial charge in [0.25, 0.3) is 0 Å². The lowest BCUT2D eigenvalue weighted by molar-refractivity contribution is 0.148. The number of anilines is 1. The zero-order valence-corrected chi connectivity index (χ0v) is 10.1. The van der Waals surface area contributed by atoms with E-state index in [1.165, 1.54) is 7.11 Å². The highest BCUT2D eigenvalue weighted by atomic mass is 16.6. The Labute approximate surface area is 104 Å². The summed E-state index contributed by atoms with van der Waals surface area (Å²) in [7, 11) is 1.53. The minimum Gasteiger partial charge on any atom is -0.497 e. The van der Waals surface area contributed by atoms with Crippen LogP contribution >= 0.6 is 0 Å². The third kappa shape index (κ3) is 4.60. The van der Waals surface area contributed by atoms with E-state index < -0.39 is 12.1 Å². The lowest BCUT2D eigenvalue weighted by atomic mass is 10.3. The molecule has 98 valence electrons. The number of amides is 3. The second-order valence-electron chi connectivity index (χ2n) is 3.16. The summed E-state index contributed by atoms with van der Waals surface area (Å²) >= 11 is 0. The predicted octanol–water partition coefficient (Wildman–Crippen LogP) is 1.48. The van der Waals surface area contributed by atoms with Crippen molar-refractivity contribution in [3.05, 3.63) is 24.3 Å². The first-order valence-corrected chi connectivity index (χ1v) is 5.29. The number of hydrogen-bond donors (Lipinski definition) is 3. The summed E-state index contributed by atoms with van der Waals surface area (Å²) in [5, 5.41) is 2.51. The number of rotatable bonds is 3. The van der Waals surface area contributed by atoms with Gasteiger partial charge in [0.15, 0.2) is 0 Å². The fourth-order valence-electron chi connectivity index (χ4n) is 1.14. The molecule has 1 rings (SSSR count). The Kier molecular flexibility index (Phi) is 5.30. The van der Waals surface area contributed by atoms with Crippen LogP contribution in [0.2, 0.25) is 0 Å². The normalized spacial score (nSPS) is 9.22. The van der Waals surface area contributed by atoms with Crippen LogP contribution in [0.25, 0.3) is 0 Å². The molecule has 0 saturated carbocycles. The lowest BCUT2D eigenvalue weighted by Gasteiger charge is -2.09. The molecule has 0 aliphatic carbocycles. The maximum Gasteiger partial charge on any atom is 0.426 e. The molecule has 0 aliphatic heterocycles.